The summed E-state index contributed by atoms with van der Waals surface area (Å²) in [4.78, 5) is 2.72. The van der Waals surface area contributed by atoms with Gasteiger partial charge in [0, 0.05) is 16.8 Å². The molecule has 294 valence electrons. The third-order valence-corrected chi connectivity index (χ3v) is 15.1. The molecule has 1 aliphatic heterocycles. The van der Waals surface area contributed by atoms with Gasteiger partial charge in [0.25, 0.3) is 0 Å². The minimum Gasteiger partial charge on any atom is -0.334 e. The third-order valence-electron chi connectivity index (χ3n) is 15.1. The summed E-state index contributed by atoms with van der Waals surface area (Å²) >= 11 is 0. The van der Waals surface area contributed by atoms with Crippen LogP contribution in [0.4, 0.5) is 11.4 Å². The molecule has 0 radical (unpaired) electrons. The first-order chi connectivity index (χ1) is 30.0. The lowest BCUT2D eigenvalue weighted by Gasteiger charge is -2.48. The van der Waals surface area contributed by atoms with Crippen molar-refractivity contribution in [2.75, 3.05) is 4.90 Å². The SMILES string of the molecule is CC12CCCCCCC1(C)N(c1ccccc1)c1ccc(-c3cc(-c4ccccc4)c4ccc5c(-c6cccc7ccccc67)cc(-c6ccccc6)c6ccc3c4c65)cc12. The molecule has 1 heteroatoms. The lowest BCUT2D eigenvalue weighted by atomic mass is 9.63. The second-order valence-electron chi connectivity index (χ2n) is 18.2. The fraction of sp³-hybridized carbons (Fsp3) is 0.167. The van der Waals surface area contributed by atoms with Crippen molar-refractivity contribution in [3.8, 4) is 44.5 Å². The quantitative estimate of drug-likeness (QED) is 0.157. The van der Waals surface area contributed by atoms with Crippen molar-refractivity contribution < 1.29 is 0 Å². The second-order valence-corrected chi connectivity index (χ2v) is 18.2. The summed E-state index contributed by atoms with van der Waals surface area (Å²) < 4.78 is 0. The molecule has 10 aromatic rings. The van der Waals surface area contributed by atoms with Gasteiger partial charge in [0.2, 0.25) is 0 Å². The molecular formula is C60H49N. The molecule has 1 fully saturated rings. The van der Waals surface area contributed by atoms with E-state index in [0.717, 1.165) is 0 Å². The van der Waals surface area contributed by atoms with E-state index in [0.29, 0.717) is 0 Å². The minimum atomic E-state index is -0.0283. The highest BCUT2D eigenvalue weighted by molar-refractivity contribution is 6.32. The van der Waals surface area contributed by atoms with Crippen molar-refractivity contribution >= 4 is 54.5 Å². The maximum Gasteiger partial charge on any atom is 0.0517 e. The summed E-state index contributed by atoms with van der Waals surface area (Å²) in [6.45, 7) is 5.15. The fourth-order valence-electron chi connectivity index (χ4n) is 11.9. The van der Waals surface area contributed by atoms with Crippen molar-refractivity contribution in [1.29, 1.82) is 0 Å². The summed E-state index contributed by atoms with van der Waals surface area (Å²) in [5.74, 6) is 0. The summed E-state index contributed by atoms with van der Waals surface area (Å²) in [6, 6.07) is 71.0. The van der Waals surface area contributed by atoms with Gasteiger partial charge < -0.3 is 4.90 Å². The number of benzene rings is 10. The van der Waals surface area contributed by atoms with Gasteiger partial charge in [-0.2, -0.15) is 0 Å². The summed E-state index contributed by atoms with van der Waals surface area (Å²) in [5, 5.41) is 10.4. The van der Waals surface area contributed by atoms with E-state index >= 15 is 0 Å². The van der Waals surface area contributed by atoms with E-state index in [1.807, 2.05) is 0 Å². The number of rotatable bonds is 5. The van der Waals surface area contributed by atoms with Crippen LogP contribution in [-0.2, 0) is 5.41 Å². The van der Waals surface area contributed by atoms with Gasteiger partial charge in [0.15, 0.2) is 0 Å². The number of fused-ring (bicyclic) bond motifs is 4. The van der Waals surface area contributed by atoms with Crippen molar-refractivity contribution in [3.63, 3.8) is 0 Å². The molecule has 0 saturated heterocycles. The smallest absolute Gasteiger partial charge is 0.0517 e. The van der Waals surface area contributed by atoms with E-state index < -0.39 is 0 Å². The normalized spacial score (nSPS) is 19.0. The predicted molar refractivity (Wildman–Crippen MR) is 261 cm³/mol. The molecule has 0 N–H and O–H groups in total. The lowest BCUT2D eigenvalue weighted by Crippen LogP contribution is -2.53. The zero-order valence-corrected chi connectivity index (χ0v) is 35.1. The highest BCUT2D eigenvalue weighted by Gasteiger charge is 2.56. The van der Waals surface area contributed by atoms with Crippen molar-refractivity contribution in [2.45, 2.75) is 63.3 Å². The van der Waals surface area contributed by atoms with E-state index in [-0.39, 0.29) is 11.0 Å². The molecule has 2 atom stereocenters. The van der Waals surface area contributed by atoms with Gasteiger partial charge in [-0.05, 0) is 149 Å². The van der Waals surface area contributed by atoms with Crippen molar-refractivity contribution in [2.24, 2.45) is 0 Å². The van der Waals surface area contributed by atoms with E-state index in [2.05, 4.69) is 207 Å². The van der Waals surface area contributed by atoms with E-state index in [4.69, 9.17) is 0 Å². The number of para-hydroxylation sites is 1. The summed E-state index contributed by atoms with van der Waals surface area (Å²) in [6.07, 6.45) is 7.52. The Labute approximate surface area is 359 Å². The van der Waals surface area contributed by atoms with Gasteiger partial charge in [-0.1, -0.05) is 184 Å². The van der Waals surface area contributed by atoms with Crippen LogP contribution in [0.3, 0.4) is 0 Å². The van der Waals surface area contributed by atoms with Gasteiger partial charge in [0.05, 0.1) is 5.54 Å². The molecule has 10 aromatic carbocycles. The zero-order chi connectivity index (χ0) is 40.7. The first kappa shape index (κ1) is 36.2. The van der Waals surface area contributed by atoms with Gasteiger partial charge in [-0.3, -0.25) is 0 Å². The van der Waals surface area contributed by atoms with Crippen LogP contribution >= 0.6 is 0 Å². The first-order valence-electron chi connectivity index (χ1n) is 22.4. The molecule has 1 saturated carbocycles. The minimum absolute atomic E-state index is 0.00139. The zero-order valence-electron chi connectivity index (χ0n) is 35.1. The van der Waals surface area contributed by atoms with Crippen LogP contribution in [0.1, 0.15) is 57.9 Å². The second kappa shape index (κ2) is 13.9. The molecule has 0 spiro atoms. The number of anilines is 2. The number of nitrogens with zero attached hydrogens (tertiary/aromatic N) is 1. The summed E-state index contributed by atoms with van der Waals surface area (Å²) in [5.41, 5.74) is 14.3. The summed E-state index contributed by atoms with van der Waals surface area (Å²) in [7, 11) is 0. The van der Waals surface area contributed by atoms with E-state index in [1.165, 1.54) is 143 Å². The topological polar surface area (TPSA) is 3.24 Å². The van der Waals surface area contributed by atoms with Crippen LogP contribution in [0.2, 0.25) is 0 Å². The van der Waals surface area contributed by atoms with Crippen LogP contribution in [0, 0.1) is 0 Å². The van der Waals surface area contributed by atoms with Gasteiger partial charge in [-0.15, -0.1) is 0 Å². The van der Waals surface area contributed by atoms with Crippen LogP contribution in [0.5, 0.6) is 0 Å². The molecule has 2 aliphatic rings. The van der Waals surface area contributed by atoms with Crippen LogP contribution in [0.15, 0.2) is 188 Å². The molecule has 1 aliphatic carbocycles. The Morgan fingerprint density at radius 2 is 0.902 bits per heavy atom. The molecule has 1 heterocycles. The molecule has 12 rings (SSSR count). The van der Waals surface area contributed by atoms with Gasteiger partial charge in [-0.25, -0.2) is 0 Å². The molecule has 0 aromatic heterocycles. The standard InChI is InChI=1S/C60H49N/c1-59-35-16-3-4-17-36-60(59,2)61(44-25-12-7-13-26-44)56-34-29-43(37-55(56)59)53-38-51(41-19-8-5-9-20-41)47-32-33-50-54(46-28-18-24-40-23-14-15-27-45(40)46)39-52(42-21-10-6-11-22-42)48-30-31-49(53)57(47)58(48)50/h5-15,18-34,37-39H,3-4,16-17,35-36H2,1-2H3. The number of hydrogen-bond acceptors (Lipinski definition) is 1. The fourth-order valence-corrected chi connectivity index (χ4v) is 11.9. The Kier molecular flexibility index (Phi) is 8.26. The average Bonchev–Trinajstić information content (AvgIpc) is 3.49. The molecule has 1 nitrogen and oxygen atoms in total. The molecule has 2 unspecified atom stereocenters. The van der Waals surface area contributed by atoms with Crippen LogP contribution in [-0.4, -0.2) is 5.54 Å². The van der Waals surface area contributed by atoms with Crippen molar-refractivity contribution in [3.05, 3.63) is 194 Å². The van der Waals surface area contributed by atoms with Crippen LogP contribution in [0.25, 0.3) is 87.6 Å². The first-order valence-corrected chi connectivity index (χ1v) is 22.4. The molecule has 0 bridgehead atoms. The van der Waals surface area contributed by atoms with Gasteiger partial charge in [0.1, 0.15) is 0 Å². The van der Waals surface area contributed by atoms with E-state index in [1.54, 1.807) is 0 Å². The lowest BCUT2D eigenvalue weighted by molar-refractivity contribution is 0.218. The van der Waals surface area contributed by atoms with Crippen LogP contribution < -0.4 is 4.90 Å². The Bertz CT molecular complexity index is 3270. The molecular weight excluding hydrogens is 735 g/mol. The maximum atomic E-state index is 2.72. The average molecular weight is 784 g/mol. The highest BCUT2D eigenvalue weighted by atomic mass is 15.2. The van der Waals surface area contributed by atoms with E-state index in [9.17, 15) is 0 Å². The molecule has 0 amide bonds. The Morgan fingerprint density at radius 3 is 1.56 bits per heavy atom. The Balaban J connectivity index is 1.18. The Morgan fingerprint density at radius 1 is 0.377 bits per heavy atom. The highest BCUT2D eigenvalue weighted by Crippen LogP contribution is 2.60. The molecule has 61 heavy (non-hydrogen) atoms. The Hall–Kier alpha value is -6.70. The van der Waals surface area contributed by atoms with Crippen molar-refractivity contribution in [1.82, 2.24) is 0 Å². The largest absolute Gasteiger partial charge is 0.334 e. The maximum absolute atomic E-state index is 2.72. The number of hydrogen-bond donors (Lipinski definition) is 0. The third kappa shape index (κ3) is 5.39. The predicted octanol–water partition coefficient (Wildman–Crippen LogP) is 16.9. The van der Waals surface area contributed by atoms with Gasteiger partial charge >= 0.3 is 0 Å². The monoisotopic (exact) mass is 783 g/mol.